The van der Waals surface area contributed by atoms with Gasteiger partial charge >= 0.3 is 0 Å². The molecule has 0 heterocycles. The van der Waals surface area contributed by atoms with E-state index in [4.69, 9.17) is 10.5 Å². The monoisotopic (exact) mass is 333 g/mol. The molecule has 118 valence electrons. The zero-order valence-corrected chi connectivity index (χ0v) is 13.6. The summed E-state index contributed by atoms with van der Waals surface area (Å²) in [5, 5.41) is 0. The first-order valence-corrected chi connectivity index (χ1v) is 10.3. The standard InChI is InChI=1S/C13H19NO5S2/c1-20(15,16)9-6-7-12(13(8-9)21(2,17)18)19-11-5-3-4-10(11)14/h6-8,10-11H,3-5,14H2,1-2H3. The minimum Gasteiger partial charge on any atom is -0.487 e. The Kier molecular flexibility index (Phi) is 4.32. The summed E-state index contributed by atoms with van der Waals surface area (Å²) in [6.45, 7) is 0. The van der Waals surface area contributed by atoms with Crippen LogP contribution in [-0.2, 0) is 19.7 Å². The summed E-state index contributed by atoms with van der Waals surface area (Å²) >= 11 is 0. The van der Waals surface area contributed by atoms with Gasteiger partial charge in [-0.2, -0.15) is 0 Å². The molecule has 1 aromatic rings. The Morgan fingerprint density at radius 3 is 2.24 bits per heavy atom. The second-order valence-corrected chi connectivity index (χ2v) is 9.40. The van der Waals surface area contributed by atoms with Gasteiger partial charge in [-0.25, -0.2) is 16.8 Å². The van der Waals surface area contributed by atoms with Gasteiger partial charge in [0.1, 0.15) is 16.7 Å². The van der Waals surface area contributed by atoms with Gasteiger partial charge < -0.3 is 10.5 Å². The van der Waals surface area contributed by atoms with Gasteiger partial charge in [0.2, 0.25) is 0 Å². The van der Waals surface area contributed by atoms with Crippen LogP contribution in [0.3, 0.4) is 0 Å². The summed E-state index contributed by atoms with van der Waals surface area (Å²) in [6, 6.07) is 3.74. The maximum Gasteiger partial charge on any atom is 0.179 e. The van der Waals surface area contributed by atoms with E-state index in [1.165, 1.54) is 12.1 Å². The number of hydrogen-bond donors (Lipinski definition) is 1. The van der Waals surface area contributed by atoms with Crippen molar-refractivity contribution in [1.29, 1.82) is 0 Å². The van der Waals surface area contributed by atoms with Crippen molar-refractivity contribution in [2.45, 2.75) is 41.2 Å². The molecule has 2 unspecified atom stereocenters. The second kappa shape index (κ2) is 5.58. The van der Waals surface area contributed by atoms with Crippen LogP contribution in [0.2, 0.25) is 0 Å². The lowest BCUT2D eigenvalue weighted by molar-refractivity contribution is 0.186. The fourth-order valence-corrected chi connectivity index (χ4v) is 3.91. The normalized spacial score (nSPS) is 23.2. The highest BCUT2D eigenvalue weighted by molar-refractivity contribution is 7.91. The highest BCUT2D eigenvalue weighted by atomic mass is 32.2. The molecule has 8 heteroatoms. The molecule has 1 aliphatic carbocycles. The lowest BCUT2D eigenvalue weighted by Gasteiger charge is -2.20. The summed E-state index contributed by atoms with van der Waals surface area (Å²) in [4.78, 5) is -0.171. The summed E-state index contributed by atoms with van der Waals surface area (Å²) in [7, 11) is -7.09. The molecule has 2 rings (SSSR count). The molecular formula is C13H19NO5S2. The van der Waals surface area contributed by atoms with Gasteiger partial charge in [-0.3, -0.25) is 0 Å². The first-order chi connectivity index (χ1) is 9.59. The van der Waals surface area contributed by atoms with Crippen molar-refractivity contribution in [3.63, 3.8) is 0 Å². The molecule has 2 N–H and O–H groups in total. The molecule has 0 radical (unpaired) electrons. The molecule has 21 heavy (non-hydrogen) atoms. The fraction of sp³-hybridized carbons (Fsp3) is 0.538. The Morgan fingerprint density at radius 2 is 1.76 bits per heavy atom. The van der Waals surface area contributed by atoms with E-state index < -0.39 is 19.7 Å². The molecular weight excluding hydrogens is 314 g/mol. The van der Waals surface area contributed by atoms with Gasteiger partial charge in [-0.05, 0) is 37.5 Å². The average Bonchev–Trinajstić information content (AvgIpc) is 2.73. The van der Waals surface area contributed by atoms with Crippen molar-refractivity contribution in [2.24, 2.45) is 5.73 Å². The fourth-order valence-electron chi connectivity index (χ4n) is 2.37. The Hall–Kier alpha value is -1.12. The van der Waals surface area contributed by atoms with Crippen molar-refractivity contribution in [3.05, 3.63) is 18.2 Å². The average molecular weight is 333 g/mol. The Bertz CT molecular complexity index is 740. The second-order valence-electron chi connectivity index (χ2n) is 5.40. The first-order valence-electron chi connectivity index (χ1n) is 6.55. The lowest BCUT2D eigenvalue weighted by Crippen LogP contribution is -2.33. The van der Waals surface area contributed by atoms with Crippen molar-refractivity contribution < 1.29 is 21.6 Å². The van der Waals surface area contributed by atoms with Crippen LogP contribution in [0.5, 0.6) is 5.75 Å². The van der Waals surface area contributed by atoms with Crippen LogP contribution in [0.4, 0.5) is 0 Å². The molecule has 0 saturated heterocycles. The lowest BCUT2D eigenvalue weighted by atomic mass is 10.2. The minimum absolute atomic E-state index is 0.0500. The van der Waals surface area contributed by atoms with Crippen LogP contribution in [0, 0.1) is 0 Å². The van der Waals surface area contributed by atoms with Gasteiger partial charge in [0.15, 0.2) is 19.7 Å². The summed E-state index contributed by atoms with van der Waals surface area (Å²) < 4.78 is 52.6. The molecule has 1 aliphatic rings. The summed E-state index contributed by atoms with van der Waals surface area (Å²) in [6.07, 6.45) is 4.34. The molecule has 1 aromatic carbocycles. The van der Waals surface area contributed by atoms with Crippen LogP contribution in [0.15, 0.2) is 28.0 Å². The predicted molar refractivity (Wildman–Crippen MR) is 78.9 cm³/mol. The van der Waals surface area contributed by atoms with Crippen molar-refractivity contribution in [2.75, 3.05) is 12.5 Å². The third kappa shape index (κ3) is 3.75. The Labute approximate surface area is 125 Å². The molecule has 0 aromatic heterocycles. The zero-order valence-electron chi connectivity index (χ0n) is 11.9. The third-order valence-electron chi connectivity index (χ3n) is 3.52. The van der Waals surface area contributed by atoms with E-state index in [0.717, 1.165) is 37.8 Å². The molecule has 0 amide bonds. The molecule has 0 spiro atoms. The summed E-state index contributed by atoms with van der Waals surface area (Å²) in [5.74, 6) is 0.159. The smallest absolute Gasteiger partial charge is 0.179 e. The van der Waals surface area contributed by atoms with Gasteiger partial charge in [0.05, 0.1) is 4.90 Å². The van der Waals surface area contributed by atoms with Crippen LogP contribution >= 0.6 is 0 Å². The Balaban J connectivity index is 2.46. The van der Waals surface area contributed by atoms with Gasteiger partial charge in [-0.1, -0.05) is 0 Å². The number of benzene rings is 1. The van der Waals surface area contributed by atoms with E-state index in [1.807, 2.05) is 0 Å². The zero-order chi connectivity index (χ0) is 15.8. The highest BCUT2D eigenvalue weighted by Gasteiger charge is 2.28. The van der Waals surface area contributed by atoms with Gasteiger partial charge in [0.25, 0.3) is 0 Å². The largest absolute Gasteiger partial charge is 0.487 e. The van der Waals surface area contributed by atoms with E-state index in [9.17, 15) is 16.8 Å². The molecule has 1 saturated carbocycles. The maximum absolute atomic E-state index is 11.9. The predicted octanol–water partition coefficient (Wildman–Crippen LogP) is 0.752. The van der Waals surface area contributed by atoms with E-state index >= 15 is 0 Å². The van der Waals surface area contributed by atoms with Crippen LogP contribution < -0.4 is 10.5 Å². The Morgan fingerprint density at radius 1 is 1.10 bits per heavy atom. The molecule has 0 bridgehead atoms. The van der Waals surface area contributed by atoms with Crippen LogP contribution in [0.25, 0.3) is 0 Å². The van der Waals surface area contributed by atoms with Crippen LogP contribution in [-0.4, -0.2) is 41.5 Å². The minimum atomic E-state index is -3.61. The topological polar surface area (TPSA) is 104 Å². The van der Waals surface area contributed by atoms with Crippen molar-refractivity contribution >= 4 is 19.7 Å². The first kappa shape index (κ1) is 16.3. The number of rotatable bonds is 4. The molecule has 6 nitrogen and oxygen atoms in total. The number of sulfone groups is 2. The summed E-state index contributed by atoms with van der Waals surface area (Å²) in [5.41, 5.74) is 5.91. The molecule has 2 atom stereocenters. The van der Waals surface area contributed by atoms with Gasteiger partial charge in [-0.15, -0.1) is 0 Å². The number of hydrogen-bond acceptors (Lipinski definition) is 6. The molecule has 0 aliphatic heterocycles. The van der Waals surface area contributed by atoms with E-state index in [0.29, 0.717) is 0 Å². The van der Waals surface area contributed by atoms with E-state index in [2.05, 4.69) is 0 Å². The van der Waals surface area contributed by atoms with Crippen molar-refractivity contribution in [1.82, 2.24) is 0 Å². The number of nitrogens with two attached hydrogens (primary N) is 1. The maximum atomic E-state index is 11.9. The highest BCUT2D eigenvalue weighted by Crippen LogP contribution is 2.31. The van der Waals surface area contributed by atoms with E-state index in [1.54, 1.807) is 0 Å². The third-order valence-corrected chi connectivity index (χ3v) is 5.75. The SMILES string of the molecule is CS(=O)(=O)c1ccc(OC2CCCC2N)c(S(C)(=O)=O)c1. The van der Waals surface area contributed by atoms with Crippen LogP contribution in [0.1, 0.15) is 19.3 Å². The van der Waals surface area contributed by atoms with E-state index in [-0.39, 0.29) is 27.7 Å². The molecule has 1 fully saturated rings. The quantitative estimate of drug-likeness (QED) is 0.872. The number of ether oxygens (including phenoxy) is 1. The van der Waals surface area contributed by atoms with Gasteiger partial charge in [0, 0.05) is 18.6 Å². The van der Waals surface area contributed by atoms with Crippen molar-refractivity contribution in [3.8, 4) is 5.75 Å².